The summed E-state index contributed by atoms with van der Waals surface area (Å²) in [5.74, 6) is 0.0723. The molecule has 3 rings (SSSR count). The first-order chi connectivity index (χ1) is 9.10. The van der Waals surface area contributed by atoms with Crippen LogP contribution in [0.2, 0.25) is 0 Å². The Balaban J connectivity index is 2.05. The zero-order valence-electron chi connectivity index (χ0n) is 10.5. The van der Waals surface area contributed by atoms with Gasteiger partial charge in [0.05, 0.1) is 17.6 Å². The fourth-order valence-electron chi connectivity index (χ4n) is 2.55. The average molecular weight is 264 g/mol. The van der Waals surface area contributed by atoms with E-state index in [1.165, 1.54) is 0 Å². The van der Waals surface area contributed by atoms with E-state index in [9.17, 15) is 9.90 Å². The maximum Gasteiger partial charge on any atom is 0.261 e. The van der Waals surface area contributed by atoms with Crippen molar-refractivity contribution in [3.05, 3.63) is 22.6 Å². The lowest BCUT2D eigenvalue weighted by atomic mass is 10.1. The van der Waals surface area contributed by atoms with Crippen LogP contribution in [0.5, 0.6) is 0 Å². The molecule has 0 radical (unpaired) electrons. The Labute approximate surface area is 109 Å². The lowest BCUT2D eigenvalue weighted by molar-refractivity contribution is -0.0180. The van der Waals surface area contributed by atoms with Gasteiger partial charge < -0.3 is 20.1 Å². The number of ether oxygens (including phenoxy) is 1. The second-order valence-electron chi connectivity index (χ2n) is 4.75. The maximum atomic E-state index is 11.7. The Morgan fingerprint density at radius 1 is 1.68 bits per heavy atom. The molecule has 102 valence electrons. The number of rotatable bonds is 2. The highest BCUT2D eigenvalue weighted by atomic mass is 16.5. The molecule has 1 aliphatic heterocycles. The van der Waals surface area contributed by atoms with E-state index < -0.39 is 6.10 Å². The van der Waals surface area contributed by atoms with E-state index in [-0.39, 0.29) is 23.8 Å². The summed E-state index contributed by atoms with van der Waals surface area (Å²) in [7, 11) is 0. The average Bonchev–Trinajstić information content (AvgIpc) is 2.92. The molecule has 0 spiro atoms. The van der Waals surface area contributed by atoms with E-state index in [0.717, 1.165) is 6.42 Å². The van der Waals surface area contributed by atoms with Crippen molar-refractivity contribution in [2.75, 3.05) is 5.73 Å². The van der Waals surface area contributed by atoms with Crippen LogP contribution in [0.4, 0.5) is 5.95 Å². The number of nitrogens with one attached hydrogen (secondary N) is 1. The summed E-state index contributed by atoms with van der Waals surface area (Å²) in [6, 6.07) is 1.68. The SMILES string of the molecule is CCC1OC(n2ccc3c(=O)[nH]c(N)nc32)CC1O. The Morgan fingerprint density at radius 2 is 2.47 bits per heavy atom. The maximum absolute atomic E-state index is 11.7. The number of hydrogen-bond acceptors (Lipinski definition) is 5. The number of hydrogen-bond donors (Lipinski definition) is 3. The summed E-state index contributed by atoms with van der Waals surface area (Å²) in [5, 5.41) is 10.4. The van der Waals surface area contributed by atoms with Gasteiger partial charge in [-0.05, 0) is 12.5 Å². The molecule has 0 saturated carbocycles. The molecule has 0 bridgehead atoms. The molecule has 7 heteroatoms. The van der Waals surface area contributed by atoms with E-state index in [2.05, 4.69) is 9.97 Å². The van der Waals surface area contributed by atoms with Crippen molar-refractivity contribution < 1.29 is 9.84 Å². The topological polar surface area (TPSA) is 106 Å². The van der Waals surface area contributed by atoms with Crippen LogP contribution in [0.3, 0.4) is 0 Å². The fraction of sp³-hybridized carbons (Fsp3) is 0.500. The highest BCUT2D eigenvalue weighted by Gasteiger charge is 2.34. The highest BCUT2D eigenvalue weighted by molar-refractivity contribution is 5.76. The molecule has 2 aromatic rings. The first-order valence-electron chi connectivity index (χ1n) is 6.30. The van der Waals surface area contributed by atoms with Crippen molar-refractivity contribution >= 4 is 17.0 Å². The van der Waals surface area contributed by atoms with E-state index >= 15 is 0 Å². The minimum Gasteiger partial charge on any atom is -0.390 e. The summed E-state index contributed by atoms with van der Waals surface area (Å²) in [6.45, 7) is 1.96. The number of aromatic nitrogens is 3. The molecule has 1 saturated heterocycles. The summed E-state index contributed by atoms with van der Waals surface area (Å²) >= 11 is 0. The monoisotopic (exact) mass is 264 g/mol. The van der Waals surface area contributed by atoms with Crippen LogP contribution in [-0.4, -0.2) is 31.8 Å². The number of aliphatic hydroxyl groups excluding tert-OH is 1. The number of nitrogens with zero attached hydrogens (tertiary/aromatic N) is 2. The van der Waals surface area contributed by atoms with Crippen molar-refractivity contribution in [2.24, 2.45) is 0 Å². The number of anilines is 1. The van der Waals surface area contributed by atoms with Gasteiger partial charge in [0.25, 0.3) is 5.56 Å². The molecule has 7 nitrogen and oxygen atoms in total. The lowest BCUT2D eigenvalue weighted by Gasteiger charge is -2.14. The van der Waals surface area contributed by atoms with E-state index in [4.69, 9.17) is 10.5 Å². The molecule has 3 atom stereocenters. The van der Waals surface area contributed by atoms with E-state index in [0.29, 0.717) is 17.5 Å². The second kappa shape index (κ2) is 4.36. The van der Waals surface area contributed by atoms with Crippen LogP contribution in [-0.2, 0) is 4.74 Å². The van der Waals surface area contributed by atoms with Crippen molar-refractivity contribution in [3.8, 4) is 0 Å². The van der Waals surface area contributed by atoms with Gasteiger partial charge in [0, 0.05) is 12.6 Å². The largest absolute Gasteiger partial charge is 0.390 e. The smallest absolute Gasteiger partial charge is 0.261 e. The first-order valence-corrected chi connectivity index (χ1v) is 6.30. The van der Waals surface area contributed by atoms with Crippen molar-refractivity contribution in [1.29, 1.82) is 0 Å². The molecule has 1 aliphatic rings. The summed E-state index contributed by atoms with van der Waals surface area (Å²) in [4.78, 5) is 18.3. The van der Waals surface area contributed by atoms with Gasteiger partial charge in [-0.15, -0.1) is 0 Å². The lowest BCUT2D eigenvalue weighted by Crippen LogP contribution is -2.19. The van der Waals surface area contributed by atoms with Gasteiger partial charge in [0.1, 0.15) is 6.23 Å². The highest BCUT2D eigenvalue weighted by Crippen LogP contribution is 2.32. The van der Waals surface area contributed by atoms with Gasteiger partial charge >= 0.3 is 0 Å². The summed E-state index contributed by atoms with van der Waals surface area (Å²) in [5.41, 5.74) is 5.77. The number of H-pyrrole nitrogens is 1. The van der Waals surface area contributed by atoms with Crippen LogP contribution in [0.25, 0.3) is 11.0 Å². The number of fused-ring (bicyclic) bond motifs is 1. The third kappa shape index (κ3) is 1.91. The number of aromatic amines is 1. The van der Waals surface area contributed by atoms with Crippen LogP contribution in [0.1, 0.15) is 26.0 Å². The van der Waals surface area contributed by atoms with Crippen LogP contribution in [0, 0.1) is 0 Å². The van der Waals surface area contributed by atoms with Crippen molar-refractivity contribution in [3.63, 3.8) is 0 Å². The Kier molecular flexibility index (Phi) is 2.79. The molecule has 3 unspecified atom stereocenters. The van der Waals surface area contributed by atoms with E-state index in [1.54, 1.807) is 16.8 Å². The fourth-order valence-corrected chi connectivity index (χ4v) is 2.55. The van der Waals surface area contributed by atoms with Gasteiger partial charge in [0.2, 0.25) is 5.95 Å². The van der Waals surface area contributed by atoms with Gasteiger partial charge in [-0.2, -0.15) is 4.98 Å². The van der Waals surface area contributed by atoms with Gasteiger partial charge in [-0.25, -0.2) is 0 Å². The molecular formula is C12H16N4O3. The quantitative estimate of drug-likeness (QED) is 0.726. The standard InChI is InChI=1S/C12H16N4O3/c1-2-8-7(17)5-9(19-8)16-4-3-6-10(16)14-12(13)15-11(6)18/h3-4,7-9,17H,2,5H2,1H3,(H3,13,14,15,18). The van der Waals surface area contributed by atoms with Crippen molar-refractivity contribution in [2.45, 2.75) is 38.2 Å². The third-order valence-electron chi connectivity index (χ3n) is 3.52. The van der Waals surface area contributed by atoms with Crippen LogP contribution >= 0.6 is 0 Å². The van der Waals surface area contributed by atoms with Crippen molar-refractivity contribution in [1.82, 2.24) is 14.5 Å². The molecule has 1 fully saturated rings. The minimum atomic E-state index is -0.494. The Hall–Kier alpha value is -1.86. The molecule has 0 aromatic carbocycles. The normalized spacial score (nSPS) is 27.2. The minimum absolute atomic E-state index is 0.0723. The van der Waals surface area contributed by atoms with Gasteiger partial charge in [0.15, 0.2) is 5.65 Å². The predicted molar refractivity (Wildman–Crippen MR) is 69.6 cm³/mol. The summed E-state index contributed by atoms with van der Waals surface area (Å²) in [6.07, 6.45) is 1.98. The molecule has 0 amide bonds. The Bertz CT molecular complexity index is 663. The molecular weight excluding hydrogens is 248 g/mol. The third-order valence-corrected chi connectivity index (χ3v) is 3.52. The molecule has 3 heterocycles. The van der Waals surface area contributed by atoms with Gasteiger partial charge in [-0.3, -0.25) is 9.78 Å². The van der Waals surface area contributed by atoms with E-state index in [1.807, 2.05) is 6.92 Å². The molecule has 0 aliphatic carbocycles. The van der Waals surface area contributed by atoms with Crippen LogP contribution in [0.15, 0.2) is 17.1 Å². The zero-order chi connectivity index (χ0) is 13.6. The first kappa shape index (κ1) is 12.2. The summed E-state index contributed by atoms with van der Waals surface area (Å²) < 4.78 is 7.52. The predicted octanol–water partition coefficient (Wildman–Crippen LogP) is 0.365. The zero-order valence-corrected chi connectivity index (χ0v) is 10.5. The number of nitrogen functional groups attached to an aromatic ring is 1. The number of nitrogens with two attached hydrogens (primary N) is 1. The Morgan fingerprint density at radius 3 is 3.16 bits per heavy atom. The molecule has 2 aromatic heterocycles. The number of aliphatic hydroxyl groups is 1. The van der Waals surface area contributed by atoms with Gasteiger partial charge in [-0.1, -0.05) is 6.92 Å². The molecule has 4 N–H and O–H groups in total. The second-order valence-corrected chi connectivity index (χ2v) is 4.75. The molecule has 19 heavy (non-hydrogen) atoms. The van der Waals surface area contributed by atoms with Crippen LogP contribution < -0.4 is 11.3 Å².